The van der Waals surface area contributed by atoms with E-state index in [9.17, 15) is 0 Å². The molecule has 3 nitrogen and oxygen atoms in total. The van der Waals surface area contributed by atoms with Crippen LogP contribution in [-0.4, -0.2) is 27.7 Å². The van der Waals surface area contributed by atoms with Crippen LogP contribution in [0.25, 0.3) is 5.57 Å². The minimum atomic E-state index is 0.542. The van der Waals surface area contributed by atoms with Gasteiger partial charge in [-0.2, -0.15) is 5.10 Å². The molecule has 18 heavy (non-hydrogen) atoms. The number of rotatable bonds is 2. The van der Waals surface area contributed by atoms with Gasteiger partial charge < -0.3 is 5.32 Å². The van der Waals surface area contributed by atoms with Crippen molar-refractivity contribution in [3.05, 3.63) is 36.2 Å². The Balaban J connectivity index is 1.80. The van der Waals surface area contributed by atoms with Crippen molar-refractivity contribution in [1.82, 2.24) is 15.1 Å². The highest BCUT2D eigenvalue weighted by molar-refractivity contribution is 7.80. The summed E-state index contributed by atoms with van der Waals surface area (Å²) in [5.41, 5.74) is 2.36. The maximum Gasteiger partial charge on any atom is 0.0568 e. The number of piperidine rings is 1. The Hall–Kier alpha value is -1.26. The first kappa shape index (κ1) is 11.8. The number of hydrogen-bond acceptors (Lipinski definition) is 3. The van der Waals surface area contributed by atoms with Gasteiger partial charge in [0.25, 0.3) is 0 Å². The standard InChI is InChI=1S/C14H17N3S/c18-14-3-1-2-11(8-14)12-9-16-17(10-12)13-4-6-15-7-5-13/h1-2,8-10,13,15H,3-7H2. The molecule has 0 unspecified atom stereocenters. The molecule has 0 atom stereocenters. The van der Waals surface area contributed by atoms with E-state index < -0.39 is 0 Å². The summed E-state index contributed by atoms with van der Waals surface area (Å²) < 4.78 is 2.11. The smallest absolute Gasteiger partial charge is 0.0568 e. The van der Waals surface area contributed by atoms with Crippen LogP contribution in [0.1, 0.15) is 30.9 Å². The van der Waals surface area contributed by atoms with Crippen LogP contribution in [-0.2, 0) is 0 Å². The normalized spacial score (nSPS) is 21.1. The summed E-state index contributed by atoms with van der Waals surface area (Å²) in [6, 6.07) is 0.542. The molecule has 0 aromatic carbocycles. The van der Waals surface area contributed by atoms with E-state index in [1.54, 1.807) is 0 Å². The first-order chi connectivity index (χ1) is 8.83. The fraction of sp³-hybridized carbons (Fsp3) is 0.429. The lowest BCUT2D eigenvalue weighted by molar-refractivity contribution is 0.343. The van der Waals surface area contributed by atoms with Gasteiger partial charge in [-0.3, -0.25) is 4.68 Å². The zero-order valence-electron chi connectivity index (χ0n) is 10.3. The molecule has 1 aromatic heterocycles. The number of allylic oxidation sites excluding steroid dienone is 4. The van der Waals surface area contributed by atoms with Crippen LogP contribution < -0.4 is 5.32 Å². The van der Waals surface area contributed by atoms with Gasteiger partial charge in [-0.1, -0.05) is 24.4 Å². The largest absolute Gasteiger partial charge is 0.317 e. The third-order valence-corrected chi connectivity index (χ3v) is 3.84. The maximum atomic E-state index is 5.25. The summed E-state index contributed by atoms with van der Waals surface area (Å²) in [5.74, 6) is 0. The molecule has 1 aliphatic carbocycles. The summed E-state index contributed by atoms with van der Waals surface area (Å²) in [6.07, 6.45) is 13.7. The first-order valence-electron chi connectivity index (χ1n) is 6.49. The second-order valence-electron chi connectivity index (χ2n) is 4.86. The molecule has 0 spiro atoms. The Morgan fingerprint density at radius 1 is 1.33 bits per heavy atom. The van der Waals surface area contributed by atoms with E-state index in [1.807, 2.05) is 6.20 Å². The molecule has 2 aliphatic rings. The fourth-order valence-corrected chi connectivity index (χ4v) is 2.74. The molecular weight excluding hydrogens is 242 g/mol. The van der Waals surface area contributed by atoms with Crippen molar-refractivity contribution >= 4 is 22.7 Å². The zero-order chi connectivity index (χ0) is 12.4. The van der Waals surface area contributed by atoms with E-state index in [1.165, 1.54) is 11.1 Å². The van der Waals surface area contributed by atoms with Gasteiger partial charge in [0, 0.05) is 23.0 Å². The van der Waals surface area contributed by atoms with Crippen LogP contribution in [0.3, 0.4) is 0 Å². The molecule has 1 aromatic rings. The topological polar surface area (TPSA) is 29.9 Å². The predicted molar refractivity (Wildman–Crippen MR) is 77.7 cm³/mol. The van der Waals surface area contributed by atoms with Crippen LogP contribution in [0.5, 0.6) is 0 Å². The Kier molecular flexibility index (Phi) is 3.39. The third kappa shape index (κ3) is 2.44. The van der Waals surface area contributed by atoms with Gasteiger partial charge in [-0.05, 0) is 37.6 Å². The summed E-state index contributed by atoms with van der Waals surface area (Å²) in [6.45, 7) is 2.18. The molecular formula is C14H17N3S. The van der Waals surface area contributed by atoms with Gasteiger partial charge in [0.1, 0.15) is 0 Å². The minimum Gasteiger partial charge on any atom is -0.317 e. The van der Waals surface area contributed by atoms with Crippen LogP contribution in [0.2, 0.25) is 0 Å². The zero-order valence-corrected chi connectivity index (χ0v) is 11.1. The Morgan fingerprint density at radius 2 is 2.17 bits per heavy atom. The van der Waals surface area contributed by atoms with E-state index in [4.69, 9.17) is 12.2 Å². The van der Waals surface area contributed by atoms with Gasteiger partial charge in [0.2, 0.25) is 0 Å². The fourth-order valence-electron chi connectivity index (χ4n) is 2.52. The highest BCUT2D eigenvalue weighted by Crippen LogP contribution is 2.23. The van der Waals surface area contributed by atoms with Crippen molar-refractivity contribution in [3.63, 3.8) is 0 Å². The van der Waals surface area contributed by atoms with E-state index in [-0.39, 0.29) is 0 Å². The number of nitrogens with zero attached hydrogens (tertiary/aromatic N) is 2. The Bertz CT molecular complexity index is 507. The van der Waals surface area contributed by atoms with E-state index in [0.29, 0.717) is 6.04 Å². The average Bonchev–Trinajstić information content (AvgIpc) is 2.89. The van der Waals surface area contributed by atoms with Crippen molar-refractivity contribution < 1.29 is 0 Å². The number of hydrogen-bond donors (Lipinski definition) is 1. The van der Waals surface area contributed by atoms with Crippen LogP contribution >= 0.6 is 12.2 Å². The lowest BCUT2D eigenvalue weighted by atomic mass is 10.0. The molecule has 1 N–H and O–H groups in total. The molecule has 0 radical (unpaired) electrons. The van der Waals surface area contributed by atoms with Crippen molar-refractivity contribution in [2.45, 2.75) is 25.3 Å². The molecule has 0 amide bonds. The van der Waals surface area contributed by atoms with Gasteiger partial charge in [-0.25, -0.2) is 0 Å². The number of nitrogens with one attached hydrogen (secondary N) is 1. The van der Waals surface area contributed by atoms with Crippen LogP contribution in [0, 0.1) is 0 Å². The SMILES string of the molecule is S=C1C=C(c2cnn(C3CCNCC3)c2)C=CC1. The average molecular weight is 259 g/mol. The molecule has 3 rings (SSSR count). The second-order valence-corrected chi connectivity index (χ2v) is 5.39. The highest BCUT2D eigenvalue weighted by atomic mass is 32.1. The Labute approximate surface area is 113 Å². The monoisotopic (exact) mass is 259 g/mol. The molecule has 1 fully saturated rings. The minimum absolute atomic E-state index is 0.542. The first-order valence-corrected chi connectivity index (χ1v) is 6.90. The van der Waals surface area contributed by atoms with E-state index in [0.717, 1.165) is 37.2 Å². The van der Waals surface area contributed by atoms with Gasteiger partial charge in [0.15, 0.2) is 0 Å². The van der Waals surface area contributed by atoms with Gasteiger partial charge in [0.05, 0.1) is 12.2 Å². The molecule has 0 saturated carbocycles. The molecule has 4 heteroatoms. The Morgan fingerprint density at radius 3 is 2.94 bits per heavy atom. The van der Waals surface area contributed by atoms with E-state index >= 15 is 0 Å². The van der Waals surface area contributed by atoms with E-state index in [2.05, 4.69) is 39.5 Å². The molecule has 94 valence electrons. The lowest BCUT2D eigenvalue weighted by Crippen LogP contribution is -2.29. The maximum absolute atomic E-state index is 5.25. The van der Waals surface area contributed by atoms with Crippen molar-refractivity contribution in [3.8, 4) is 0 Å². The molecule has 1 aliphatic heterocycles. The lowest BCUT2D eigenvalue weighted by Gasteiger charge is -2.22. The predicted octanol–water partition coefficient (Wildman–Crippen LogP) is 2.52. The van der Waals surface area contributed by atoms with Gasteiger partial charge in [-0.15, -0.1) is 0 Å². The molecule has 2 heterocycles. The third-order valence-electron chi connectivity index (χ3n) is 3.55. The van der Waals surface area contributed by atoms with Crippen LogP contribution in [0.15, 0.2) is 30.6 Å². The summed E-state index contributed by atoms with van der Waals surface area (Å²) in [4.78, 5) is 1.00. The summed E-state index contributed by atoms with van der Waals surface area (Å²) >= 11 is 5.25. The number of thiocarbonyl (C=S) groups is 1. The second kappa shape index (κ2) is 5.16. The van der Waals surface area contributed by atoms with Gasteiger partial charge >= 0.3 is 0 Å². The summed E-state index contributed by atoms with van der Waals surface area (Å²) in [5, 5.41) is 7.89. The van der Waals surface area contributed by atoms with Crippen LogP contribution in [0.4, 0.5) is 0 Å². The highest BCUT2D eigenvalue weighted by Gasteiger charge is 2.16. The molecule has 1 saturated heterocycles. The van der Waals surface area contributed by atoms with Crippen molar-refractivity contribution in [2.75, 3.05) is 13.1 Å². The van der Waals surface area contributed by atoms with Crippen molar-refractivity contribution in [2.24, 2.45) is 0 Å². The molecule has 0 bridgehead atoms. The quantitative estimate of drug-likeness (QED) is 0.828. The summed E-state index contributed by atoms with van der Waals surface area (Å²) in [7, 11) is 0. The number of aromatic nitrogens is 2. The van der Waals surface area contributed by atoms with Crippen molar-refractivity contribution in [1.29, 1.82) is 0 Å².